The van der Waals surface area contributed by atoms with E-state index < -0.39 is 11.9 Å². The zero-order valence-electron chi connectivity index (χ0n) is 10.3. The van der Waals surface area contributed by atoms with Gasteiger partial charge in [-0.25, -0.2) is 0 Å². The second kappa shape index (κ2) is 4.37. The van der Waals surface area contributed by atoms with Crippen molar-refractivity contribution in [1.82, 2.24) is 0 Å². The molecule has 102 valence electrons. The van der Waals surface area contributed by atoms with Crippen LogP contribution in [0.3, 0.4) is 0 Å². The molecule has 0 saturated heterocycles. The van der Waals surface area contributed by atoms with Gasteiger partial charge in [0.2, 0.25) is 0 Å². The van der Waals surface area contributed by atoms with Gasteiger partial charge >= 0.3 is 6.18 Å². The molecule has 2 aromatic rings. The molecule has 0 unspecified atom stereocenters. The van der Waals surface area contributed by atoms with Gasteiger partial charge in [0, 0.05) is 5.56 Å². The summed E-state index contributed by atoms with van der Waals surface area (Å²) >= 11 is 0. The highest BCUT2D eigenvalue weighted by Gasteiger charge is 2.38. The zero-order valence-corrected chi connectivity index (χ0v) is 10.3. The number of benzene rings is 2. The van der Waals surface area contributed by atoms with Crippen LogP contribution < -0.4 is 0 Å². The fraction of sp³-hybridized carbons (Fsp3) is 0.133. The molecule has 0 atom stereocenters. The molecule has 2 nitrogen and oxygen atoms in total. The summed E-state index contributed by atoms with van der Waals surface area (Å²) in [6.07, 6.45) is -4.08. The van der Waals surface area contributed by atoms with Crippen molar-refractivity contribution in [3.05, 3.63) is 59.2 Å². The van der Waals surface area contributed by atoms with E-state index in [1.54, 1.807) is 6.07 Å². The topological polar surface area (TPSA) is 32.6 Å². The minimum Gasteiger partial charge on any atom is -0.410 e. The lowest BCUT2D eigenvalue weighted by Crippen LogP contribution is -2.24. The van der Waals surface area contributed by atoms with Gasteiger partial charge in [0.25, 0.3) is 0 Å². The molecule has 1 N–H and O–H groups in total. The van der Waals surface area contributed by atoms with Gasteiger partial charge in [0.15, 0.2) is 5.71 Å². The van der Waals surface area contributed by atoms with Crippen molar-refractivity contribution in [3.8, 4) is 11.1 Å². The molecule has 3 rings (SSSR count). The Hall–Kier alpha value is -2.30. The van der Waals surface area contributed by atoms with Crippen LogP contribution in [0.5, 0.6) is 0 Å². The molecule has 0 spiro atoms. The maximum Gasteiger partial charge on any atom is 0.437 e. The van der Waals surface area contributed by atoms with Crippen LogP contribution in [0.25, 0.3) is 11.1 Å². The van der Waals surface area contributed by atoms with Gasteiger partial charge in [-0.1, -0.05) is 41.6 Å². The van der Waals surface area contributed by atoms with Crippen molar-refractivity contribution in [3.63, 3.8) is 0 Å². The molecule has 0 heterocycles. The van der Waals surface area contributed by atoms with Gasteiger partial charge in [0.1, 0.15) is 0 Å². The first-order valence-corrected chi connectivity index (χ1v) is 6.01. The van der Waals surface area contributed by atoms with Gasteiger partial charge in [-0.15, -0.1) is 0 Å². The number of rotatable bonds is 1. The van der Waals surface area contributed by atoms with Gasteiger partial charge in [-0.2, -0.15) is 13.2 Å². The third-order valence-electron chi connectivity index (χ3n) is 3.44. The molecule has 0 radical (unpaired) electrons. The zero-order chi connectivity index (χ0) is 14.3. The Kier molecular flexibility index (Phi) is 2.78. The second-order valence-corrected chi connectivity index (χ2v) is 4.65. The summed E-state index contributed by atoms with van der Waals surface area (Å²) in [7, 11) is 0. The van der Waals surface area contributed by atoms with E-state index in [0.717, 1.165) is 22.3 Å². The van der Waals surface area contributed by atoms with Crippen molar-refractivity contribution < 1.29 is 18.4 Å². The normalized spacial score (nSPS) is 14.1. The van der Waals surface area contributed by atoms with Crippen molar-refractivity contribution in [2.45, 2.75) is 12.6 Å². The summed E-state index contributed by atoms with van der Waals surface area (Å²) in [5.74, 6) is 0. The number of nitrogens with zero attached hydrogens (tertiary/aromatic N) is 1. The van der Waals surface area contributed by atoms with E-state index in [1.807, 2.05) is 24.3 Å². The van der Waals surface area contributed by atoms with Crippen LogP contribution in [0.15, 0.2) is 47.6 Å². The molecule has 0 aliphatic heterocycles. The largest absolute Gasteiger partial charge is 0.437 e. The number of oxime groups is 1. The van der Waals surface area contributed by atoms with Gasteiger partial charge in [-0.05, 0) is 34.7 Å². The average molecular weight is 277 g/mol. The molecule has 0 amide bonds. The summed E-state index contributed by atoms with van der Waals surface area (Å²) in [5, 5.41) is 11.0. The lowest BCUT2D eigenvalue weighted by atomic mass is 10.0. The molecule has 5 heteroatoms. The fourth-order valence-corrected chi connectivity index (χ4v) is 2.57. The summed E-state index contributed by atoms with van der Waals surface area (Å²) in [4.78, 5) is 0. The minimum absolute atomic E-state index is 0.119. The fourth-order valence-electron chi connectivity index (χ4n) is 2.57. The third kappa shape index (κ3) is 1.95. The SMILES string of the molecule is O/N=C(\c1ccc2c(c1)Cc1ccccc1-2)C(F)(F)F. The average Bonchev–Trinajstić information content (AvgIpc) is 2.75. The Morgan fingerprint density at radius 1 is 1.00 bits per heavy atom. The quantitative estimate of drug-likeness (QED) is 0.407. The highest BCUT2D eigenvalue weighted by Crippen LogP contribution is 2.37. The number of hydrogen-bond acceptors (Lipinski definition) is 2. The number of fused-ring (bicyclic) bond motifs is 3. The highest BCUT2D eigenvalue weighted by atomic mass is 19.4. The van der Waals surface area contributed by atoms with Crippen LogP contribution in [-0.4, -0.2) is 17.1 Å². The van der Waals surface area contributed by atoms with Crippen molar-refractivity contribution >= 4 is 5.71 Å². The molecular formula is C15H10F3NO. The van der Waals surface area contributed by atoms with Crippen LogP contribution in [0.2, 0.25) is 0 Å². The molecule has 0 fully saturated rings. The highest BCUT2D eigenvalue weighted by molar-refractivity contribution is 6.05. The van der Waals surface area contributed by atoms with Crippen LogP contribution >= 0.6 is 0 Å². The Morgan fingerprint density at radius 3 is 2.40 bits per heavy atom. The van der Waals surface area contributed by atoms with Crippen molar-refractivity contribution in [1.29, 1.82) is 0 Å². The maximum absolute atomic E-state index is 12.7. The summed E-state index contributed by atoms with van der Waals surface area (Å²) in [6.45, 7) is 0. The van der Waals surface area contributed by atoms with E-state index in [-0.39, 0.29) is 5.56 Å². The molecule has 20 heavy (non-hydrogen) atoms. The lowest BCUT2D eigenvalue weighted by Gasteiger charge is -2.10. The van der Waals surface area contributed by atoms with Crippen LogP contribution in [0.4, 0.5) is 13.2 Å². The summed E-state index contributed by atoms with van der Waals surface area (Å²) < 4.78 is 38.2. The summed E-state index contributed by atoms with van der Waals surface area (Å²) in [6, 6.07) is 12.1. The van der Waals surface area contributed by atoms with E-state index in [9.17, 15) is 13.2 Å². The number of hydrogen-bond donors (Lipinski definition) is 1. The van der Waals surface area contributed by atoms with E-state index in [4.69, 9.17) is 5.21 Å². The molecular weight excluding hydrogens is 267 g/mol. The Bertz CT molecular complexity index is 705. The number of halogens is 3. The Morgan fingerprint density at radius 2 is 1.70 bits per heavy atom. The minimum atomic E-state index is -4.67. The third-order valence-corrected chi connectivity index (χ3v) is 3.44. The molecule has 0 saturated carbocycles. The smallest absolute Gasteiger partial charge is 0.410 e. The molecule has 0 aromatic heterocycles. The van der Waals surface area contributed by atoms with Gasteiger partial charge in [0.05, 0.1) is 0 Å². The molecule has 2 aromatic carbocycles. The monoisotopic (exact) mass is 277 g/mol. The van der Waals surface area contributed by atoms with Crippen LogP contribution in [-0.2, 0) is 6.42 Å². The van der Waals surface area contributed by atoms with Crippen LogP contribution in [0, 0.1) is 0 Å². The molecule has 1 aliphatic carbocycles. The van der Waals surface area contributed by atoms with Crippen LogP contribution in [0.1, 0.15) is 16.7 Å². The van der Waals surface area contributed by atoms with Crippen molar-refractivity contribution in [2.75, 3.05) is 0 Å². The number of alkyl halides is 3. The lowest BCUT2D eigenvalue weighted by molar-refractivity contribution is -0.0601. The first-order valence-electron chi connectivity index (χ1n) is 6.01. The Labute approximate surface area is 113 Å². The van der Waals surface area contributed by atoms with E-state index >= 15 is 0 Å². The van der Waals surface area contributed by atoms with Gasteiger partial charge < -0.3 is 5.21 Å². The van der Waals surface area contributed by atoms with E-state index in [1.165, 1.54) is 12.1 Å². The maximum atomic E-state index is 12.7. The van der Waals surface area contributed by atoms with Gasteiger partial charge in [-0.3, -0.25) is 0 Å². The molecule has 0 bridgehead atoms. The van der Waals surface area contributed by atoms with E-state index in [0.29, 0.717) is 6.42 Å². The predicted molar refractivity (Wildman–Crippen MR) is 69.1 cm³/mol. The standard InChI is InChI=1S/C15H10F3NO/c16-15(17,18)14(19-20)10-5-6-13-11(8-10)7-9-3-1-2-4-12(9)13/h1-6,8,20H,7H2/b19-14+. The summed E-state index contributed by atoms with van der Waals surface area (Å²) in [5.41, 5.74) is 2.50. The first kappa shape index (κ1) is 12.7. The molecule has 1 aliphatic rings. The Balaban J connectivity index is 2.07. The first-order chi connectivity index (χ1) is 9.50. The second-order valence-electron chi connectivity index (χ2n) is 4.65. The van der Waals surface area contributed by atoms with E-state index in [2.05, 4.69) is 5.16 Å². The predicted octanol–water partition coefficient (Wildman–Crippen LogP) is 4.00. The van der Waals surface area contributed by atoms with Crippen molar-refractivity contribution in [2.24, 2.45) is 5.16 Å².